The Morgan fingerprint density at radius 2 is 2.06 bits per heavy atom. The molecule has 4 nitrogen and oxygen atoms in total. The molecule has 1 aromatic carbocycles. The van der Waals surface area contributed by atoms with Crippen LogP contribution in [0, 0.1) is 5.82 Å². The van der Waals surface area contributed by atoms with Crippen LogP contribution in [0.2, 0.25) is 0 Å². The van der Waals surface area contributed by atoms with Crippen molar-refractivity contribution in [1.29, 1.82) is 0 Å². The van der Waals surface area contributed by atoms with Crippen molar-refractivity contribution < 1.29 is 4.39 Å². The van der Waals surface area contributed by atoms with Crippen LogP contribution < -0.4 is 0 Å². The largest absolute Gasteiger partial charge is 0.207 e. The van der Waals surface area contributed by atoms with Gasteiger partial charge in [-0.2, -0.15) is 4.80 Å². The Kier molecular flexibility index (Phi) is 3.68. The van der Waals surface area contributed by atoms with Gasteiger partial charge in [-0.05, 0) is 22.9 Å². The van der Waals surface area contributed by atoms with Gasteiger partial charge >= 0.3 is 0 Å². The zero-order valence-corrected chi connectivity index (χ0v) is 10.1. The highest BCUT2D eigenvalue weighted by Gasteiger charge is 2.14. The van der Waals surface area contributed by atoms with E-state index in [1.54, 1.807) is 19.2 Å². The molecule has 90 valence electrons. The molecular weight excluding hydrogens is 243 g/mol. The van der Waals surface area contributed by atoms with Crippen molar-refractivity contribution in [2.24, 2.45) is 7.05 Å². The topological polar surface area (TPSA) is 43.6 Å². The summed E-state index contributed by atoms with van der Waals surface area (Å²) in [4.78, 5) is 1.41. The first-order valence-electron chi connectivity index (χ1n) is 5.23. The molecule has 0 spiro atoms. The lowest BCUT2D eigenvalue weighted by Gasteiger charge is -2.11. The van der Waals surface area contributed by atoms with E-state index in [2.05, 4.69) is 15.4 Å². The molecule has 2 aromatic rings. The fraction of sp³-hybridized carbons (Fsp3) is 0.364. The van der Waals surface area contributed by atoms with Gasteiger partial charge in [-0.3, -0.25) is 0 Å². The van der Waals surface area contributed by atoms with E-state index in [4.69, 9.17) is 11.6 Å². The predicted octanol–water partition coefficient (Wildman–Crippen LogP) is 1.91. The number of alkyl halides is 1. The number of aryl methyl sites for hydroxylation is 1. The van der Waals surface area contributed by atoms with Gasteiger partial charge < -0.3 is 0 Å². The van der Waals surface area contributed by atoms with Crippen LogP contribution in [0.3, 0.4) is 0 Å². The molecule has 6 heteroatoms. The van der Waals surface area contributed by atoms with Crippen molar-refractivity contribution in [1.82, 2.24) is 20.2 Å². The van der Waals surface area contributed by atoms with Crippen LogP contribution in [-0.4, -0.2) is 26.1 Å². The number of aromatic nitrogens is 4. The molecule has 0 aliphatic carbocycles. The molecule has 0 aliphatic heterocycles. The smallest absolute Gasteiger partial charge is 0.175 e. The van der Waals surface area contributed by atoms with Crippen molar-refractivity contribution in [3.63, 3.8) is 0 Å². The lowest BCUT2D eigenvalue weighted by molar-refractivity contribution is 0.621. The maximum Gasteiger partial charge on any atom is 0.175 e. The van der Waals surface area contributed by atoms with Gasteiger partial charge in [0.1, 0.15) is 5.82 Å². The first-order chi connectivity index (χ1) is 8.19. The van der Waals surface area contributed by atoms with Gasteiger partial charge in [-0.1, -0.05) is 12.1 Å². The molecule has 0 N–H and O–H groups in total. The Balaban J connectivity index is 2.13. The third-order valence-electron chi connectivity index (χ3n) is 2.51. The van der Waals surface area contributed by atoms with Crippen LogP contribution in [0.4, 0.5) is 4.39 Å². The average Bonchev–Trinajstić information content (AvgIpc) is 2.73. The van der Waals surface area contributed by atoms with Gasteiger partial charge in [-0.15, -0.1) is 21.8 Å². The summed E-state index contributed by atoms with van der Waals surface area (Å²) >= 11 is 5.92. The Labute approximate surface area is 103 Å². The molecule has 1 unspecified atom stereocenters. The van der Waals surface area contributed by atoms with Gasteiger partial charge in [0.2, 0.25) is 0 Å². The molecule has 17 heavy (non-hydrogen) atoms. The molecule has 1 atom stereocenters. The summed E-state index contributed by atoms with van der Waals surface area (Å²) in [6, 6.07) is 6.33. The number of nitrogens with zero attached hydrogens (tertiary/aromatic N) is 4. The van der Waals surface area contributed by atoms with E-state index in [-0.39, 0.29) is 11.7 Å². The van der Waals surface area contributed by atoms with Crippen LogP contribution in [-0.2, 0) is 13.5 Å². The lowest BCUT2D eigenvalue weighted by Crippen LogP contribution is -2.06. The van der Waals surface area contributed by atoms with Gasteiger partial charge in [0.25, 0.3) is 0 Å². The molecule has 0 saturated heterocycles. The number of rotatable bonds is 4. The zero-order valence-electron chi connectivity index (χ0n) is 9.35. The molecule has 0 radical (unpaired) electrons. The Morgan fingerprint density at radius 1 is 1.35 bits per heavy atom. The van der Waals surface area contributed by atoms with Crippen LogP contribution in [0.5, 0.6) is 0 Å². The predicted molar refractivity (Wildman–Crippen MR) is 62.4 cm³/mol. The van der Waals surface area contributed by atoms with Gasteiger partial charge in [-0.25, -0.2) is 4.39 Å². The molecule has 2 rings (SSSR count). The molecule has 0 fully saturated rings. The highest BCUT2D eigenvalue weighted by atomic mass is 35.5. The summed E-state index contributed by atoms with van der Waals surface area (Å²) in [6.45, 7) is 0. The second kappa shape index (κ2) is 5.23. The maximum atomic E-state index is 12.8. The molecule has 0 bridgehead atoms. The van der Waals surface area contributed by atoms with Crippen molar-refractivity contribution >= 4 is 11.6 Å². The zero-order chi connectivity index (χ0) is 12.3. The Hall–Kier alpha value is -1.49. The van der Waals surface area contributed by atoms with Crippen LogP contribution >= 0.6 is 11.6 Å². The average molecular weight is 255 g/mol. The summed E-state index contributed by atoms with van der Waals surface area (Å²) in [6.07, 6.45) is 0.600. The minimum absolute atomic E-state index is 0.0708. The van der Waals surface area contributed by atoms with Crippen LogP contribution in [0.1, 0.15) is 17.3 Å². The number of hydrogen-bond donors (Lipinski definition) is 0. The van der Waals surface area contributed by atoms with Crippen LogP contribution in [0.15, 0.2) is 24.3 Å². The van der Waals surface area contributed by atoms with Crippen molar-refractivity contribution in [3.8, 4) is 0 Å². The summed E-state index contributed by atoms with van der Waals surface area (Å²) in [7, 11) is 1.71. The molecular formula is C11H12ClFN4. The monoisotopic (exact) mass is 254 g/mol. The quantitative estimate of drug-likeness (QED) is 0.783. The summed E-state index contributed by atoms with van der Waals surface area (Å²) < 4.78 is 12.8. The Bertz CT molecular complexity index is 482. The second-order valence-electron chi connectivity index (χ2n) is 3.80. The van der Waals surface area contributed by atoms with E-state index < -0.39 is 0 Å². The minimum atomic E-state index is -0.250. The van der Waals surface area contributed by atoms with Gasteiger partial charge in [0.05, 0.1) is 7.05 Å². The molecule has 1 heterocycles. The summed E-state index contributed by atoms with van der Waals surface area (Å²) in [5.41, 5.74) is 0.980. The van der Waals surface area contributed by atoms with E-state index in [0.29, 0.717) is 18.1 Å². The van der Waals surface area contributed by atoms with Gasteiger partial charge in [0.15, 0.2) is 5.82 Å². The van der Waals surface area contributed by atoms with E-state index >= 15 is 0 Å². The number of benzene rings is 1. The Morgan fingerprint density at radius 3 is 2.59 bits per heavy atom. The van der Waals surface area contributed by atoms with E-state index in [0.717, 1.165) is 5.56 Å². The van der Waals surface area contributed by atoms with Crippen molar-refractivity contribution in [3.05, 3.63) is 41.5 Å². The fourth-order valence-corrected chi connectivity index (χ4v) is 1.91. The third kappa shape index (κ3) is 3.00. The molecule has 1 aromatic heterocycles. The first kappa shape index (κ1) is 12.0. The van der Waals surface area contributed by atoms with E-state index in [1.165, 1.54) is 16.9 Å². The molecule has 0 saturated carbocycles. The van der Waals surface area contributed by atoms with E-state index in [1.807, 2.05) is 0 Å². The lowest BCUT2D eigenvalue weighted by atomic mass is 9.97. The van der Waals surface area contributed by atoms with Gasteiger partial charge in [0, 0.05) is 18.2 Å². The standard InChI is InChI=1S/C11H12ClFN4/c1-17-15-11(14-16-17)6-9(7-12)8-2-4-10(13)5-3-8/h2-5,9H,6-7H2,1H3. The van der Waals surface area contributed by atoms with Crippen molar-refractivity contribution in [2.45, 2.75) is 12.3 Å². The number of tetrazole rings is 1. The molecule has 0 aliphatic rings. The third-order valence-corrected chi connectivity index (χ3v) is 2.88. The number of halogens is 2. The normalized spacial score (nSPS) is 12.6. The van der Waals surface area contributed by atoms with Crippen LogP contribution in [0.25, 0.3) is 0 Å². The highest BCUT2D eigenvalue weighted by molar-refractivity contribution is 6.18. The first-order valence-corrected chi connectivity index (χ1v) is 5.77. The van der Waals surface area contributed by atoms with Crippen molar-refractivity contribution in [2.75, 3.05) is 5.88 Å². The number of hydrogen-bond acceptors (Lipinski definition) is 3. The summed E-state index contributed by atoms with van der Waals surface area (Å²) in [5.74, 6) is 0.896. The molecule has 0 amide bonds. The minimum Gasteiger partial charge on any atom is -0.207 e. The van der Waals surface area contributed by atoms with E-state index in [9.17, 15) is 4.39 Å². The fourth-order valence-electron chi connectivity index (χ4n) is 1.62. The maximum absolute atomic E-state index is 12.8. The SMILES string of the molecule is Cn1nnc(CC(CCl)c2ccc(F)cc2)n1. The summed E-state index contributed by atoms with van der Waals surface area (Å²) in [5, 5.41) is 11.8. The second-order valence-corrected chi connectivity index (χ2v) is 4.11. The highest BCUT2D eigenvalue weighted by Crippen LogP contribution is 2.21.